The van der Waals surface area contributed by atoms with Crippen LogP contribution < -0.4 is 4.74 Å². The monoisotopic (exact) mass is 333 g/mol. The Balaban J connectivity index is 2.52. The number of nitrogens with zero attached hydrogens (tertiary/aromatic N) is 1. The fraction of sp³-hybridized carbons (Fsp3) is 0.500. The molecule has 0 fully saturated rings. The third-order valence-corrected chi connectivity index (χ3v) is 5.29. The molecular weight excluding hydrogens is 314 g/mol. The first-order chi connectivity index (χ1) is 9.75. The lowest BCUT2D eigenvalue weighted by molar-refractivity contribution is -0.133. The predicted molar refractivity (Wildman–Crippen MR) is 83.5 cm³/mol. The Morgan fingerprint density at radius 3 is 2.43 bits per heavy atom. The third kappa shape index (κ3) is 5.93. The number of rotatable bonds is 7. The van der Waals surface area contributed by atoms with Gasteiger partial charge in [0.2, 0.25) is 0 Å². The summed E-state index contributed by atoms with van der Waals surface area (Å²) in [4.78, 5) is 13.4. The minimum absolute atomic E-state index is 0.0489. The second kappa shape index (κ2) is 7.66. The molecule has 21 heavy (non-hydrogen) atoms. The van der Waals surface area contributed by atoms with Crippen LogP contribution >= 0.6 is 11.6 Å². The molecule has 1 amide bonds. The molecule has 0 aliphatic carbocycles. The second-order valence-corrected chi connectivity index (χ2v) is 7.63. The van der Waals surface area contributed by atoms with Crippen molar-refractivity contribution in [2.45, 2.75) is 19.9 Å². The van der Waals surface area contributed by atoms with Crippen LogP contribution in [-0.4, -0.2) is 50.4 Å². The van der Waals surface area contributed by atoms with Gasteiger partial charge < -0.3 is 9.64 Å². The van der Waals surface area contributed by atoms with Crippen molar-refractivity contribution < 1.29 is 17.9 Å². The van der Waals surface area contributed by atoms with Crippen LogP contribution in [0.5, 0.6) is 5.75 Å². The van der Waals surface area contributed by atoms with Gasteiger partial charge in [0.1, 0.15) is 5.75 Å². The van der Waals surface area contributed by atoms with Gasteiger partial charge in [0, 0.05) is 23.9 Å². The lowest BCUT2D eigenvalue weighted by Crippen LogP contribution is -2.42. The molecule has 7 heteroatoms. The highest BCUT2D eigenvalue weighted by atomic mass is 35.5. The maximum atomic E-state index is 12.0. The maximum absolute atomic E-state index is 12.0. The van der Waals surface area contributed by atoms with Gasteiger partial charge in [-0.3, -0.25) is 4.79 Å². The van der Waals surface area contributed by atoms with Crippen LogP contribution in [0.3, 0.4) is 0 Å². The molecule has 118 valence electrons. The second-order valence-electron chi connectivity index (χ2n) is 4.80. The third-order valence-electron chi connectivity index (χ3n) is 3.17. The molecule has 0 saturated heterocycles. The van der Waals surface area contributed by atoms with Crippen molar-refractivity contribution in [2.24, 2.45) is 0 Å². The number of hydrogen-bond donors (Lipinski definition) is 0. The minimum Gasteiger partial charge on any atom is -0.484 e. The molecule has 1 rings (SSSR count). The molecular formula is C14H20ClNO4S. The molecule has 0 N–H and O–H groups in total. The maximum Gasteiger partial charge on any atom is 0.260 e. The van der Waals surface area contributed by atoms with Gasteiger partial charge >= 0.3 is 0 Å². The first kappa shape index (κ1) is 17.8. The predicted octanol–water partition coefficient (Wildman–Crippen LogP) is 2.00. The Morgan fingerprint density at radius 1 is 1.33 bits per heavy atom. The topological polar surface area (TPSA) is 63.7 Å². The zero-order valence-corrected chi connectivity index (χ0v) is 13.9. The summed E-state index contributed by atoms with van der Waals surface area (Å²) < 4.78 is 28.5. The standard InChI is InChI=1S/C14H20ClNO4S/c1-4-21(18,19)10-11(2)16(3)14(17)9-20-13-7-5-12(15)6-8-13/h5-8,11H,4,9-10H2,1-3H3. The number of sulfone groups is 1. The number of benzene rings is 1. The number of halogens is 1. The summed E-state index contributed by atoms with van der Waals surface area (Å²) in [5.74, 6) is 0.284. The van der Waals surface area contributed by atoms with Crippen LogP contribution in [-0.2, 0) is 14.6 Å². The van der Waals surface area contributed by atoms with Crippen LogP contribution in [0.1, 0.15) is 13.8 Å². The molecule has 1 aromatic rings. The summed E-state index contributed by atoms with van der Waals surface area (Å²) in [6, 6.07) is 6.28. The lowest BCUT2D eigenvalue weighted by atomic mass is 10.3. The van der Waals surface area contributed by atoms with E-state index >= 15 is 0 Å². The van der Waals surface area contributed by atoms with E-state index in [-0.39, 0.29) is 24.0 Å². The van der Waals surface area contributed by atoms with Crippen molar-refractivity contribution in [3.63, 3.8) is 0 Å². The molecule has 0 aliphatic rings. The Kier molecular flexibility index (Phi) is 6.48. The normalized spacial score (nSPS) is 12.8. The first-order valence-corrected chi connectivity index (χ1v) is 8.79. The van der Waals surface area contributed by atoms with Crippen molar-refractivity contribution in [2.75, 3.05) is 25.2 Å². The highest BCUT2D eigenvalue weighted by molar-refractivity contribution is 7.91. The van der Waals surface area contributed by atoms with Gasteiger partial charge in [0.15, 0.2) is 16.4 Å². The zero-order valence-electron chi connectivity index (χ0n) is 12.4. The van der Waals surface area contributed by atoms with Crippen molar-refractivity contribution in [3.05, 3.63) is 29.3 Å². The quantitative estimate of drug-likeness (QED) is 0.765. The summed E-state index contributed by atoms with van der Waals surface area (Å²) in [6.07, 6.45) is 0. The number of amides is 1. The fourth-order valence-corrected chi connectivity index (χ4v) is 2.94. The van der Waals surface area contributed by atoms with Gasteiger partial charge in [-0.25, -0.2) is 8.42 Å². The molecule has 0 radical (unpaired) electrons. The van der Waals surface area contributed by atoms with E-state index < -0.39 is 15.9 Å². The van der Waals surface area contributed by atoms with Gasteiger partial charge in [-0.1, -0.05) is 18.5 Å². The van der Waals surface area contributed by atoms with Crippen LogP contribution in [0.15, 0.2) is 24.3 Å². The van der Waals surface area contributed by atoms with Crippen molar-refractivity contribution in [1.29, 1.82) is 0 Å². The lowest BCUT2D eigenvalue weighted by Gasteiger charge is -2.24. The number of ether oxygens (including phenoxy) is 1. The van der Waals surface area contributed by atoms with E-state index in [0.29, 0.717) is 10.8 Å². The van der Waals surface area contributed by atoms with E-state index in [1.54, 1.807) is 45.2 Å². The summed E-state index contributed by atoms with van der Waals surface area (Å²) in [5.41, 5.74) is 0. The Morgan fingerprint density at radius 2 is 1.90 bits per heavy atom. The molecule has 1 aromatic carbocycles. The van der Waals surface area contributed by atoms with Crippen LogP contribution in [0, 0.1) is 0 Å². The highest BCUT2D eigenvalue weighted by Gasteiger charge is 2.21. The Hall–Kier alpha value is -1.27. The average Bonchev–Trinajstić information content (AvgIpc) is 2.45. The highest BCUT2D eigenvalue weighted by Crippen LogP contribution is 2.15. The van der Waals surface area contributed by atoms with Gasteiger partial charge in [-0.05, 0) is 31.2 Å². The van der Waals surface area contributed by atoms with Crippen LogP contribution in [0.25, 0.3) is 0 Å². The molecule has 1 unspecified atom stereocenters. The van der Waals surface area contributed by atoms with E-state index in [1.807, 2.05) is 0 Å². The molecule has 0 heterocycles. The average molecular weight is 334 g/mol. The summed E-state index contributed by atoms with van der Waals surface area (Å²) >= 11 is 5.75. The molecule has 1 atom stereocenters. The van der Waals surface area contributed by atoms with E-state index in [9.17, 15) is 13.2 Å². The number of likely N-dealkylation sites (N-methyl/N-ethyl adjacent to an activating group) is 1. The largest absolute Gasteiger partial charge is 0.484 e. The van der Waals surface area contributed by atoms with Crippen LogP contribution in [0.4, 0.5) is 0 Å². The first-order valence-electron chi connectivity index (χ1n) is 6.59. The van der Waals surface area contributed by atoms with E-state index in [4.69, 9.17) is 16.3 Å². The van der Waals surface area contributed by atoms with Crippen molar-refractivity contribution in [3.8, 4) is 5.75 Å². The molecule has 0 saturated carbocycles. The smallest absolute Gasteiger partial charge is 0.260 e. The SMILES string of the molecule is CCS(=O)(=O)CC(C)N(C)C(=O)COc1ccc(Cl)cc1. The number of carbonyl (C=O) groups is 1. The Bertz CT molecular complexity index is 571. The summed E-state index contributed by atoms with van der Waals surface area (Å²) in [5, 5.41) is 0.587. The van der Waals surface area contributed by atoms with Crippen LogP contribution in [0.2, 0.25) is 5.02 Å². The zero-order chi connectivity index (χ0) is 16.0. The van der Waals surface area contributed by atoms with E-state index in [1.165, 1.54) is 4.90 Å². The number of hydrogen-bond acceptors (Lipinski definition) is 4. The van der Waals surface area contributed by atoms with Gasteiger partial charge in [0.05, 0.1) is 5.75 Å². The van der Waals surface area contributed by atoms with Gasteiger partial charge in [0.25, 0.3) is 5.91 Å². The molecule has 0 aliphatic heterocycles. The van der Waals surface area contributed by atoms with Gasteiger partial charge in [-0.15, -0.1) is 0 Å². The van der Waals surface area contributed by atoms with Gasteiger partial charge in [-0.2, -0.15) is 0 Å². The Labute approximate surface area is 130 Å². The molecule has 0 bridgehead atoms. The summed E-state index contributed by atoms with van der Waals surface area (Å²) in [7, 11) is -1.55. The summed E-state index contributed by atoms with van der Waals surface area (Å²) in [6.45, 7) is 3.15. The van der Waals surface area contributed by atoms with E-state index in [0.717, 1.165) is 0 Å². The number of carbonyl (C=O) groups excluding carboxylic acids is 1. The van der Waals surface area contributed by atoms with E-state index in [2.05, 4.69) is 0 Å². The van der Waals surface area contributed by atoms with Crippen molar-refractivity contribution >= 4 is 27.3 Å². The molecule has 0 spiro atoms. The van der Waals surface area contributed by atoms with Crippen molar-refractivity contribution in [1.82, 2.24) is 4.90 Å². The molecule has 5 nitrogen and oxygen atoms in total. The fourth-order valence-electron chi connectivity index (χ4n) is 1.62. The minimum atomic E-state index is -3.12. The molecule has 0 aromatic heterocycles.